The fourth-order valence-electron chi connectivity index (χ4n) is 1.70. The van der Waals surface area contributed by atoms with E-state index in [9.17, 15) is 4.79 Å². The Bertz CT molecular complexity index is 568. The Labute approximate surface area is 124 Å². The van der Waals surface area contributed by atoms with Crippen LogP contribution >= 0.6 is 27.3 Å². The molecule has 2 rings (SSSR count). The van der Waals surface area contributed by atoms with Gasteiger partial charge in [0.25, 0.3) is 5.91 Å². The van der Waals surface area contributed by atoms with Crippen LogP contribution in [0.15, 0.2) is 39.5 Å². The largest absolute Gasteiger partial charge is 0.337 e. The molecule has 2 aromatic rings. The summed E-state index contributed by atoms with van der Waals surface area (Å²) in [4.78, 5) is 13.9. The van der Waals surface area contributed by atoms with Gasteiger partial charge in [-0.05, 0) is 57.2 Å². The van der Waals surface area contributed by atoms with Crippen LogP contribution in [0.25, 0.3) is 0 Å². The predicted molar refractivity (Wildman–Crippen MR) is 82.1 cm³/mol. The van der Waals surface area contributed by atoms with Crippen LogP contribution in [0.2, 0.25) is 0 Å². The van der Waals surface area contributed by atoms with Gasteiger partial charge in [-0.3, -0.25) is 10.6 Å². The number of thiophene rings is 1. The zero-order valence-corrected chi connectivity index (χ0v) is 12.8. The number of benzene rings is 1. The maximum atomic E-state index is 12.2. The molecule has 100 valence electrons. The van der Waals surface area contributed by atoms with Crippen molar-refractivity contribution in [2.75, 3.05) is 12.5 Å². The molecule has 0 radical (unpaired) electrons. The number of amides is 1. The molecular weight excluding hydrogens is 326 g/mol. The topological polar surface area (TPSA) is 58.4 Å². The molecule has 19 heavy (non-hydrogen) atoms. The first-order valence-corrected chi connectivity index (χ1v) is 7.32. The van der Waals surface area contributed by atoms with Gasteiger partial charge in [-0.25, -0.2) is 0 Å². The van der Waals surface area contributed by atoms with Crippen LogP contribution < -0.4 is 11.3 Å². The lowest BCUT2D eigenvalue weighted by Crippen LogP contribution is -2.25. The summed E-state index contributed by atoms with van der Waals surface area (Å²) < 4.78 is 1.07. The Balaban J connectivity index is 2.05. The van der Waals surface area contributed by atoms with E-state index in [2.05, 4.69) is 21.4 Å². The lowest BCUT2D eigenvalue weighted by molar-refractivity contribution is 0.0785. The minimum Gasteiger partial charge on any atom is -0.337 e. The number of anilines is 1. The molecule has 0 atom stereocenters. The molecule has 0 bridgehead atoms. The highest BCUT2D eigenvalue weighted by Gasteiger charge is 2.12. The van der Waals surface area contributed by atoms with Crippen molar-refractivity contribution in [2.24, 2.45) is 5.84 Å². The molecule has 0 spiro atoms. The average molecular weight is 340 g/mol. The van der Waals surface area contributed by atoms with Gasteiger partial charge in [0.1, 0.15) is 0 Å². The summed E-state index contributed by atoms with van der Waals surface area (Å²) in [5, 5.41) is 2.04. The number of nitrogens with zero attached hydrogens (tertiary/aromatic N) is 1. The van der Waals surface area contributed by atoms with Gasteiger partial charge in [-0.15, -0.1) is 11.3 Å². The molecule has 0 fully saturated rings. The fourth-order valence-corrected chi connectivity index (χ4v) is 2.90. The van der Waals surface area contributed by atoms with Crippen molar-refractivity contribution < 1.29 is 4.79 Å². The van der Waals surface area contributed by atoms with E-state index in [4.69, 9.17) is 5.84 Å². The molecule has 1 amide bonds. The van der Waals surface area contributed by atoms with E-state index in [0.29, 0.717) is 12.1 Å². The number of carbonyl (C=O) groups is 1. The normalized spacial score (nSPS) is 10.3. The minimum absolute atomic E-state index is 0.00843. The Morgan fingerprint density at radius 1 is 1.42 bits per heavy atom. The van der Waals surface area contributed by atoms with Gasteiger partial charge in [0, 0.05) is 24.8 Å². The van der Waals surface area contributed by atoms with Crippen molar-refractivity contribution in [3.05, 3.63) is 50.6 Å². The highest BCUT2D eigenvalue weighted by molar-refractivity contribution is 9.11. The van der Waals surface area contributed by atoms with Crippen molar-refractivity contribution in [3.63, 3.8) is 0 Å². The van der Waals surface area contributed by atoms with Crippen LogP contribution in [0.5, 0.6) is 0 Å². The second kappa shape index (κ2) is 6.18. The molecule has 6 heteroatoms. The van der Waals surface area contributed by atoms with Gasteiger partial charge in [-0.2, -0.15) is 0 Å². The standard InChI is InChI=1S/C13H14BrN3OS/c1-17(7-9-6-12(14)19-8-9)13(18)10-2-4-11(16-15)5-3-10/h2-6,8,16H,7,15H2,1H3. The zero-order chi connectivity index (χ0) is 13.8. The van der Waals surface area contributed by atoms with Crippen molar-refractivity contribution in [3.8, 4) is 0 Å². The minimum atomic E-state index is -0.00843. The second-order valence-electron chi connectivity index (χ2n) is 4.14. The first kappa shape index (κ1) is 14.0. The highest BCUT2D eigenvalue weighted by Crippen LogP contribution is 2.22. The number of hydrogen-bond donors (Lipinski definition) is 2. The Kier molecular flexibility index (Phi) is 4.57. The van der Waals surface area contributed by atoms with Crippen molar-refractivity contribution >= 4 is 38.9 Å². The lowest BCUT2D eigenvalue weighted by atomic mass is 10.2. The van der Waals surface area contributed by atoms with Gasteiger partial charge in [-0.1, -0.05) is 0 Å². The van der Waals surface area contributed by atoms with Gasteiger partial charge < -0.3 is 10.3 Å². The molecular formula is C13H14BrN3OS. The SMILES string of the molecule is CN(Cc1csc(Br)c1)C(=O)c1ccc(NN)cc1. The second-order valence-corrected chi connectivity index (χ2v) is 6.43. The van der Waals surface area contributed by atoms with Gasteiger partial charge in [0.05, 0.1) is 3.79 Å². The van der Waals surface area contributed by atoms with E-state index < -0.39 is 0 Å². The number of nitrogen functional groups attached to an aromatic ring is 1. The summed E-state index contributed by atoms with van der Waals surface area (Å²) in [7, 11) is 1.79. The van der Waals surface area contributed by atoms with Crippen LogP contribution in [-0.4, -0.2) is 17.9 Å². The number of hydrazine groups is 1. The molecule has 0 saturated heterocycles. The zero-order valence-electron chi connectivity index (χ0n) is 10.4. The fraction of sp³-hybridized carbons (Fsp3) is 0.154. The molecule has 0 aliphatic heterocycles. The molecule has 0 saturated carbocycles. The van der Waals surface area contributed by atoms with Crippen LogP contribution in [0.4, 0.5) is 5.69 Å². The number of carbonyl (C=O) groups excluding carboxylic acids is 1. The molecule has 3 N–H and O–H groups in total. The van der Waals surface area contributed by atoms with Crippen LogP contribution in [0.1, 0.15) is 15.9 Å². The Morgan fingerprint density at radius 2 is 2.11 bits per heavy atom. The summed E-state index contributed by atoms with van der Waals surface area (Å²) in [5.41, 5.74) is 5.08. The van der Waals surface area contributed by atoms with Crippen LogP contribution in [0, 0.1) is 0 Å². The summed E-state index contributed by atoms with van der Waals surface area (Å²) in [6, 6.07) is 9.11. The molecule has 4 nitrogen and oxygen atoms in total. The van der Waals surface area contributed by atoms with Crippen LogP contribution in [-0.2, 0) is 6.54 Å². The molecule has 1 aromatic heterocycles. The van der Waals surface area contributed by atoms with Gasteiger partial charge in [0.15, 0.2) is 0 Å². The Hall–Kier alpha value is -1.37. The first-order valence-electron chi connectivity index (χ1n) is 5.65. The van der Waals surface area contributed by atoms with E-state index in [0.717, 1.165) is 15.0 Å². The third-order valence-corrected chi connectivity index (χ3v) is 4.24. The number of halogens is 1. The van der Waals surface area contributed by atoms with Crippen molar-refractivity contribution in [1.82, 2.24) is 4.90 Å². The molecule has 1 heterocycles. The number of nitrogens with one attached hydrogen (secondary N) is 1. The Morgan fingerprint density at radius 3 is 2.63 bits per heavy atom. The molecule has 0 unspecified atom stereocenters. The smallest absolute Gasteiger partial charge is 0.253 e. The summed E-state index contributed by atoms with van der Waals surface area (Å²) >= 11 is 5.03. The van der Waals surface area contributed by atoms with Gasteiger partial charge >= 0.3 is 0 Å². The van der Waals surface area contributed by atoms with E-state index in [-0.39, 0.29) is 5.91 Å². The first-order chi connectivity index (χ1) is 9.10. The quantitative estimate of drug-likeness (QED) is 0.664. The van der Waals surface area contributed by atoms with Gasteiger partial charge in [0.2, 0.25) is 0 Å². The summed E-state index contributed by atoms with van der Waals surface area (Å²) in [5.74, 6) is 5.28. The third kappa shape index (κ3) is 3.56. The summed E-state index contributed by atoms with van der Waals surface area (Å²) in [6.45, 7) is 0.595. The van der Waals surface area contributed by atoms with E-state index in [1.165, 1.54) is 0 Å². The third-order valence-electron chi connectivity index (χ3n) is 2.69. The van der Waals surface area contributed by atoms with Crippen molar-refractivity contribution in [1.29, 1.82) is 0 Å². The average Bonchev–Trinajstić information content (AvgIpc) is 2.83. The van der Waals surface area contributed by atoms with Crippen molar-refractivity contribution in [2.45, 2.75) is 6.54 Å². The monoisotopic (exact) mass is 339 g/mol. The highest BCUT2D eigenvalue weighted by atomic mass is 79.9. The maximum absolute atomic E-state index is 12.2. The predicted octanol–water partition coefficient (Wildman–Crippen LogP) is 3.07. The molecule has 0 aliphatic carbocycles. The number of nitrogens with two attached hydrogens (primary N) is 1. The summed E-state index contributed by atoms with van der Waals surface area (Å²) in [6.07, 6.45) is 0. The lowest BCUT2D eigenvalue weighted by Gasteiger charge is -2.16. The van der Waals surface area contributed by atoms with Crippen LogP contribution in [0.3, 0.4) is 0 Å². The van der Waals surface area contributed by atoms with E-state index in [1.807, 2.05) is 11.4 Å². The van der Waals surface area contributed by atoms with E-state index >= 15 is 0 Å². The number of hydrogen-bond acceptors (Lipinski definition) is 4. The number of rotatable bonds is 4. The van der Waals surface area contributed by atoms with E-state index in [1.54, 1.807) is 47.5 Å². The molecule has 0 aliphatic rings. The molecule has 1 aromatic carbocycles. The maximum Gasteiger partial charge on any atom is 0.253 e.